The maximum Gasteiger partial charge on any atom is 0.332 e. The van der Waals surface area contributed by atoms with Gasteiger partial charge in [0.15, 0.2) is 5.54 Å². The third-order valence-corrected chi connectivity index (χ3v) is 4.20. The summed E-state index contributed by atoms with van der Waals surface area (Å²) in [5.41, 5.74) is -0.505. The van der Waals surface area contributed by atoms with Crippen molar-refractivity contribution in [2.45, 2.75) is 18.6 Å². The van der Waals surface area contributed by atoms with E-state index in [0.717, 1.165) is 19.2 Å². The molecule has 23 heavy (non-hydrogen) atoms. The third-order valence-electron chi connectivity index (χ3n) is 4.20. The van der Waals surface area contributed by atoms with Gasteiger partial charge < -0.3 is 20.8 Å². The maximum absolute atomic E-state index is 12.5. The summed E-state index contributed by atoms with van der Waals surface area (Å²) in [6.07, 6.45) is 1.88. The minimum absolute atomic E-state index is 0.00818. The molecule has 1 unspecified atom stereocenters. The van der Waals surface area contributed by atoms with Crippen LogP contribution < -0.4 is 10.6 Å². The molecule has 1 aliphatic heterocycles. The molecule has 0 spiro atoms. The van der Waals surface area contributed by atoms with E-state index in [-0.39, 0.29) is 18.2 Å². The monoisotopic (exact) mass is 320 g/mol. The Kier molecular flexibility index (Phi) is 5.41. The van der Waals surface area contributed by atoms with E-state index in [1.807, 2.05) is 0 Å². The Hall–Kier alpha value is -2.32. The van der Waals surface area contributed by atoms with Gasteiger partial charge in [-0.25, -0.2) is 4.79 Å². The lowest BCUT2D eigenvalue weighted by Crippen LogP contribution is -2.58. The number of nitro groups is 1. The van der Waals surface area contributed by atoms with Gasteiger partial charge in [0.2, 0.25) is 0 Å². The predicted octanol–water partition coefficient (Wildman–Crippen LogP) is 0.855. The molecule has 1 fully saturated rings. The molecule has 2 atom stereocenters. The first-order valence-corrected chi connectivity index (χ1v) is 7.35. The maximum atomic E-state index is 12.5. The van der Waals surface area contributed by atoms with Crippen molar-refractivity contribution < 1.29 is 14.5 Å². The number of non-ortho nitro benzene ring substituents is 1. The number of nitrogens with zero attached hydrogens (tertiary/aromatic N) is 1. The number of nitrogens with one attached hydrogen (secondary N) is 3. The normalized spacial score (nSPS) is 19.8. The summed E-state index contributed by atoms with van der Waals surface area (Å²) in [6, 6.07) is 5.83. The number of rotatable bonds is 7. The van der Waals surface area contributed by atoms with E-state index in [4.69, 9.17) is 10.1 Å². The van der Waals surface area contributed by atoms with E-state index < -0.39 is 16.4 Å². The molecule has 2 rings (SSSR count). The van der Waals surface area contributed by atoms with Crippen LogP contribution in [0, 0.1) is 21.4 Å². The number of hydrogen-bond donors (Lipinski definition) is 3. The van der Waals surface area contributed by atoms with Crippen LogP contribution in [-0.4, -0.2) is 42.8 Å². The van der Waals surface area contributed by atoms with E-state index in [2.05, 4.69) is 10.6 Å². The molecule has 0 aromatic heterocycles. The Labute approximate surface area is 133 Å². The summed E-state index contributed by atoms with van der Waals surface area (Å²) in [4.78, 5) is 22.6. The fourth-order valence-corrected chi connectivity index (χ4v) is 2.75. The molecule has 3 N–H and O–H groups in total. The molecule has 0 amide bonds. The number of nitro benzene ring substituents is 1. The van der Waals surface area contributed by atoms with Crippen molar-refractivity contribution in [3.8, 4) is 0 Å². The van der Waals surface area contributed by atoms with Crippen LogP contribution in [0.3, 0.4) is 0 Å². The first kappa shape index (κ1) is 17.0. The second-order valence-electron chi connectivity index (χ2n) is 5.45. The van der Waals surface area contributed by atoms with Gasteiger partial charge in [-0.3, -0.25) is 10.1 Å². The average molecular weight is 320 g/mol. The van der Waals surface area contributed by atoms with Crippen molar-refractivity contribution >= 4 is 17.9 Å². The van der Waals surface area contributed by atoms with Crippen LogP contribution in [0.1, 0.15) is 12.0 Å². The Morgan fingerprint density at radius 1 is 1.57 bits per heavy atom. The molecule has 8 heteroatoms. The van der Waals surface area contributed by atoms with Gasteiger partial charge in [0.25, 0.3) is 5.69 Å². The Bertz CT molecular complexity index is 584. The summed E-state index contributed by atoms with van der Waals surface area (Å²) < 4.78 is 5.34. The van der Waals surface area contributed by atoms with Crippen molar-refractivity contribution in [3.63, 3.8) is 0 Å². The molecule has 0 saturated carbocycles. The van der Waals surface area contributed by atoms with Crippen molar-refractivity contribution in [2.24, 2.45) is 5.92 Å². The highest BCUT2D eigenvalue weighted by Crippen LogP contribution is 2.24. The zero-order valence-electron chi connectivity index (χ0n) is 12.9. The van der Waals surface area contributed by atoms with Crippen LogP contribution in [0.25, 0.3) is 0 Å². The Morgan fingerprint density at radius 3 is 2.74 bits per heavy atom. The SMILES string of the molecule is CNC(C=N)(C(=O)OCc1ccc([N+](=O)[O-])cc1)[C@H]1CCNC1. The number of ether oxygens (including phenoxy) is 1. The average Bonchev–Trinajstić information content (AvgIpc) is 3.10. The molecule has 0 aliphatic carbocycles. The molecule has 1 saturated heterocycles. The first-order chi connectivity index (χ1) is 11.0. The minimum Gasteiger partial charge on any atom is -0.459 e. The molecule has 1 aromatic carbocycles. The van der Waals surface area contributed by atoms with Gasteiger partial charge in [0.1, 0.15) is 6.61 Å². The number of hydrogen-bond acceptors (Lipinski definition) is 7. The van der Waals surface area contributed by atoms with Crippen LogP contribution in [-0.2, 0) is 16.1 Å². The molecule has 1 heterocycles. The summed E-state index contributed by atoms with van der Waals surface area (Å²) in [6.45, 7) is 1.45. The second-order valence-corrected chi connectivity index (χ2v) is 5.45. The Balaban J connectivity index is 2.04. The molecule has 124 valence electrons. The van der Waals surface area contributed by atoms with E-state index >= 15 is 0 Å². The van der Waals surface area contributed by atoms with Gasteiger partial charge in [0, 0.05) is 30.8 Å². The molecule has 0 radical (unpaired) electrons. The van der Waals surface area contributed by atoms with Gasteiger partial charge in [-0.2, -0.15) is 0 Å². The van der Waals surface area contributed by atoms with E-state index in [9.17, 15) is 14.9 Å². The first-order valence-electron chi connectivity index (χ1n) is 7.35. The summed E-state index contributed by atoms with van der Waals surface area (Å²) in [7, 11) is 1.64. The van der Waals surface area contributed by atoms with E-state index in [1.165, 1.54) is 12.1 Å². The highest BCUT2D eigenvalue weighted by Gasteiger charge is 2.45. The van der Waals surface area contributed by atoms with E-state index in [0.29, 0.717) is 12.1 Å². The molecule has 1 aromatic rings. The zero-order valence-corrected chi connectivity index (χ0v) is 12.9. The largest absolute Gasteiger partial charge is 0.459 e. The zero-order chi connectivity index (χ0) is 16.9. The van der Waals surface area contributed by atoms with Crippen LogP contribution in [0.15, 0.2) is 24.3 Å². The fraction of sp³-hybridized carbons (Fsp3) is 0.467. The number of likely N-dealkylation sites (N-methyl/N-ethyl adjacent to an activating group) is 1. The second kappa shape index (κ2) is 7.30. The molecular weight excluding hydrogens is 300 g/mol. The topological polar surface area (TPSA) is 117 Å². The smallest absolute Gasteiger partial charge is 0.332 e. The molecular formula is C15H20N4O4. The number of benzene rings is 1. The van der Waals surface area contributed by atoms with Crippen molar-refractivity contribution in [1.29, 1.82) is 5.41 Å². The van der Waals surface area contributed by atoms with Gasteiger partial charge in [0.05, 0.1) is 4.92 Å². The van der Waals surface area contributed by atoms with Crippen LogP contribution in [0.4, 0.5) is 5.69 Å². The van der Waals surface area contributed by atoms with Crippen molar-refractivity contribution in [1.82, 2.24) is 10.6 Å². The molecule has 8 nitrogen and oxygen atoms in total. The van der Waals surface area contributed by atoms with Gasteiger partial charge >= 0.3 is 5.97 Å². The lowest BCUT2D eigenvalue weighted by Gasteiger charge is -2.32. The Morgan fingerprint density at radius 2 is 2.26 bits per heavy atom. The summed E-state index contributed by atoms with van der Waals surface area (Å²) >= 11 is 0. The lowest BCUT2D eigenvalue weighted by atomic mass is 9.84. The van der Waals surface area contributed by atoms with Crippen LogP contribution in [0.2, 0.25) is 0 Å². The molecule has 0 bridgehead atoms. The number of esters is 1. The standard InChI is InChI=1S/C15H20N4O4/c1-17-15(10-16,12-6-7-18-8-12)14(20)23-9-11-2-4-13(5-3-11)19(21)22/h2-5,10,12,16-18H,6-9H2,1H3/t12-,15?/m0/s1. The highest BCUT2D eigenvalue weighted by atomic mass is 16.6. The van der Waals surface area contributed by atoms with Gasteiger partial charge in [-0.05, 0) is 37.7 Å². The van der Waals surface area contributed by atoms with Crippen LogP contribution in [0.5, 0.6) is 0 Å². The summed E-state index contributed by atoms with van der Waals surface area (Å²) in [5, 5.41) is 24.4. The number of carbonyl (C=O) groups excluding carboxylic acids is 1. The summed E-state index contributed by atoms with van der Waals surface area (Å²) in [5.74, 6) is -0.559. The van der Waals surface area contributed by atoms with Gasteiger partial charge in [-0.1, -0.05) is 0 Å². The van der Waals surface area contributed by atoms with Crippen molar-refractivity contribution in [2.75, 3.05) is 20.1 Å². The molecule has 1 aliphatic rings. The van der Waals surface area contributed by atoms with Crippen molar-refractivity contribution in [3.05, 3.63) is 39.9 Å². The lowest BCUT2D eigenvalue weighted by molar-refractivity contribution is -0.384. The predicted molar refractivity (Wildman–Crippen MR) is 84.4 cm³/mol. The van der Waals surface area contributed by atoms with E-state index in [1.54, 1.807) is 19.2 Å². The third kappa shape index (κ3) is 3.54. The van der Waals surface area contributed by atoms with Gasteiger partial charge in [-0.15, -0.1) is 0 Å². The fourth-order valence-electron chi connectivity index (χ4n) is 2.75. The minimum atomic E-state index is -1.15. The van der Waals surface area contributed by atoms with Crippen LogP contribution >= 0.6 is 0 Å². The quantitative estimate of drug-likeness (QED) is 0.297. The number of carbonyl (C=O) groups is 1. The highest BCUT2D eigenvalue weighted by molar-refractivity contribution is 5.99.